The highest BCUT2D eigenvalue weighted by atomic mass is 16.5. The van der Waals surface area contributed by atoms with Crippen LogP contribution in [0.25, 0.3) is 5.69 Å². The second kappa shape index (κ2) is 12.2. The number of nitrogens with zero attached hydrogens (tertiary/aromatic N) is 4. The fourth-order valence-corrected chi connectivity index (χ4v) is 6.30. The summed E-state index contributed by atoms with van der Waals surface area (Å²) in [5, 5.41) is 28.2. The molecule has 1 aromatic carbocycles. The van der Waals surface area contributed by atoms with Crippen molar-refractivity contribution in [1.82, 2.24) is 19.7 Å². The van der Waals surface area contributed by atoms with Gasteiger partial charge in [0.2, 0.25) is 0 Å². The van der Waals surface area contributed by atoms with Crippen LogP contribution in [0.4, 0.5) is 5.82 Å². The van der Waals surface area contributed by atoms with Gasteiger partial charge in [0, 0.05) is 43.4 Å². The van der Waals surface area contributed by atoms with Crippen LogP contribution < -0.4 is 5.32 Å². The third-order valence-electron chi connectivity index (χ3n) is 8.46. The zero-order chi connectivity index (χ0) is 27.5. The molecule has 7 nitrogen and oxygen atoms in total. The normalized spacial score (nSPS) is 18.5. The highest BCUT2D eigenvalue weighted by Crippen LogP contribution is 2.32. The number of aliphatic hydroxyl groups is 2. The molecule has 210 valence electrons. The van der Waals surface area contributed by atoms with Gasteiger partial charge < -0.3 is 20.4 Å². The fourth-order valence-electron chi connectivity index (χ4n) is 6.30. The molecule has 0 amide bonds. The molecule has 0 bridgehead atoms. The van der Waals surface area contributed by atoms with Gasteiger partial charge in [0.1, 0.15) is 5.82 Å². The Labute approximate surface area is 233 Å². The van der Waals surface area contributed by atoms with Crippen LogP contribution in [0, 0.1) is 19.8 Å². The number of benzene rings is 1. The molecule has 2 aliphatic rings. The van der Waals surface area contributed by atoms with Crippen molar-refractivity contribution in [3.63, 3.8) is 0 Å². The van der Waals surface area contributed by atoms with Crippen molar-refractivity contribution < 1.29 is 10.2 Å². The van der Waals surface area contributed by atoms with Crippen LogP contribution in [0.5, 0.6) is 0 Å². The number of likely N-dealkylation sites (tertiary alicyclic amines) is 1. The van der Waals surface area contributed by atoms with Gasteiger partial charge in [-0.05, 0) is 105 Å². The van der Waals surface area contributed by atoms with Crippen LogP contribution in [0.3, 0.4) is 0 Å². The molecule has 0 unspecified atom stereocenters. The van der Waals surface area contributed by atoms with Crippen molar-refractivity contribution in [2.45, 2.75) is 84.3 Å². The average molecular weight is 532 g/mol. The number of aryl methyl sites for hydroxylation is 4. The third-order valence-corrected chi connectivity index (χ3v) is 8.46. The van der Waals surface area contributed by atoms with Crippen LogP contribution in [-0.2, 0) is 12.8 Å². The quantitative estimate of drug-likeness (QED) is 0.316. The maximum Gasteiger partial charge on any atom is 0.152 e. The lowest BCUT2D eigenvalue weighted by Gasteiger charge is -2.26. The van der Waals surface area contributed by atoms with Gasteiger partial charge in [0.15, 0.2) is 6.29 Å². The molecule has 0 aliphatic carbocycles. The summed E-state index contributed by atoms with van der Waals surface area (Å²) in [5.74, 6) is 2.12. The van der Waals surface area contributed by atoms with E-state index in [0.29, 0.717) is 18.3 Å². The average Bonchev–Trinajstić information content (AvgIpc) is 3.51. The Bertz CT molecular complexity index is 1270. The number of hydrogen-bond acceptors (Lipinski definition) is 6. The highest BCUT2D eigenvalue weighted by molar-refractivity contribution is 5.47. The molecule has 0 saturated carbocycles. The number of fused-ring (bicyclic) bond motifs is 1. The SMILES string of the molecule is Cc1cc(C)n(-c2cc(C(C)C)cc([C@H](CC(O)O)CN3CC[C@@H](CCc4ccc5c(n4)NCCC5)C3)c2)n1. The summed E-state index contributed by atoms with van der Waals surface area (Å²) in [7, 11) is 0. The van der Waals surface area contributed by atoms with Gasteiger partial charge in [-0.3, -0.25) is 0 Å². The van der Waals surface area contributed by atoms with Gasteiger partial charge in [0.05, 0.1) is 11.4 Å². The van der Waals surface area contributed by atoms with Crippen LogP contribution >= 0.6 is 0 Å². The zero-order valence-corrected chi connectivity index (χ0v) is 24.0. The first-order valence-electron chi connectivity index (χ1n) is 14.7. The minimum atomic E-state index is -1.34. The lowest BCUT2D eigenvalue weighted by molar-refractivity contribution is -0.0513. The van der Waals surface area contributed by atoms with E-state index >= 15 is 0 Å². The number of aromatic nitrogens is 3. The maximum atomic E-state index is 10.0. The largest absolute Gasteiger partial charge is 0.370 e. The summed E-state index contributed by atoms with van der Waals surface area (Å²) >= 11 is 0. The van der Waals surface area contributed by atoms with E-state index in [2.05, 4.69) is 67.4 Å². The molecular formula is C32H45N5O2. The summed E-state index contributed by atoms with van der Waals surface area (Å²) in [5.41, 5.74) is 8.08. The monoisotopic (exact) mass is 531 g/mol. The molecule has 2 atom stereocenters. The minimum Gasteiger partial charge on any atom is -0.370 e. The standard InChI is InChI=1S/C32H45N5O2/c1-21(2)26-15-27(17-30(16-26)37-23(4)14-22(3)35-37)28(18-31(38)39)20-36-13-11-24(19-36)7-9-29-10-8-25-6-5-12-33-32(25)34-29/h8,10,14-17,21,24,28,31,38-39H,5-7,9,11-13,18-20H2,1-4H3,(H,33,34)/t24-,28-/m1/s1. The second-order valence-electron chi connectivity index (χ2n) is 12.1. The van der Waals surface area contributed by atoms with E-state index in [-0.39, 0.29) is 5.92 Å². The number of hydrogen-bond donors (Lipinski definition) is 3. The van der Waals surface area contributed by atoms with Gasteiger partial charge in [-0.1, -0.05) is 26.0 Å². The molecule has 3 aromatic rings. The van der Waals surface area contributed by atoms with Gasteiger partial charge in [-0.15, -0.1) is 0 Å². The molecule has 1 fully saturated rings. The van der Waals surface area contributed by atoms with Gasteiger partial charge >= 0.3 is 0 Å². The van der Waals surface area contributed by atoms with Crippen molar-refractivity contribution in [3.8, 4) is 5.69 Å². The van der Waals surface area contributed by atoms with Crippen LogP contribution in [-0.4, -0.2) is 62.3 Å². The predicted molar refractivity (Wildman–Crippen MR) is 157 cm³/mol. The Morgan fingerprint density at radius 3 is 2.64 bits per heavy atom. The summed E-state index contributed by atoms with van der Waals surface area (Å²) in [6, 6.07) is 13.2. The van der Waals surface area contributed by atoms with E-state index in [0.717, 1.165) is 73.9 Å². The van der Waals surface area contributed by atoms with E-state index < -0.39 is 6.29 Å². The number of nitrogens with one attached hydrogen (secondary N) is 1. The highest BCUT2D eigenvalue weighted by Gasteiger charge is 2.27. The first-order valence-corrected chi connectivity index (χ1v) is 14.7. The van der Waals surface area contributed by atoms with E-state index in [4.69, 9.17) is 10.1 Å². The molecule has 1 saturated heterocycles. The Morgan fingerprint density at radius 1 is 1.08 bits per heavy atom. The fraction of sp³-hybridized carbons (Fsp3) is 0.562. The Morgan fingerprint density at radius 2 is 1.90 bits per heavy atom. The molecule has 3 N–H and O–H groups in total. The van der Waals surface area contributed by atoms with E-state index in [9.17, 15) is 10.2 Å². The summed E-state index contributed by atoms with van der Waals surface area (Å²) < 4.78 is 2.01. The summed E-state index contributed by atoms with van der Waals surface area (Å²) in [6.45, 7) is 12.5. The third kappa shape index (κ3) is 6.89. The van der Waals surface area contributed by atoms with Crippen molar-refractivity contribution in [3.05, 3.63) is 70.2 Å². The first kappa shape index (κ1) is 27.8. The number of pyridine rings is 1. The molecule has 39 heavy (non-hydrogen) atoms. The molecule has 2 aromatic heterocycles. The first-order chi connectivity index (χ1) is 18.7. The van der Waals surface area contributed by atoms with Crippen molar-refractivity contribution >= 4 is 5.82 Å². The maximum absolute atomic E-state index is 10.0. The molecule has 2 aliphatic heterocycles. The molecule has 4 heterocycles. The number of aliphatic hydroxyl groups excluding tert-OH is 1. The van der Waals surface area contributed by atoms with Gasteiger partial charge in [0.25, 0.3) is 0 Å². The van der Waals surface area contributed by atoms with Crippen molar-refractivity contribution in [2.75, 3.05) is 31.5 Å². The van der Waals surface area contributed by atoms with E-state index in [1.807, 2.05) is 11.6 Å². The molecule has 0 spiro atoms. The van der Waals surface area contributed by atoms with Crippen molar-refractivity contribution in [2.24, 2.45) is 5.92 Å². The smallest absolute Gasteiger partial charge is 0.152 e. The molecule has 5 rings (SSSR count). The topological polar surface area (TPSA) is 86.4 Å². The van der Waals surface area contributed by atoms with Gasteiger partial charge in [-0.2, -0.15) is 5.10 Å². The zero-order valence-electron chi connectivity index (χ0n) is 24.0. The van der Waals surface area contributed by atoms with Crippen LogP contribution in [0.2, 0.25) is 0 Å². The van der Waals surface area contributed by atoms with Crippen LogP contribution in [0.15, 0.2) is 36.4 Å². The second-order valence-corrected chi connectivity index (χ2v) is 12.1. The minimum absolute atomic E-state index is 0.0338. The van der Waals surface area contributed by atoms with E-state index in [1.54, 1.807) is 0 Å². The predicted octanol–water partition coefficient (Wildman–Crippen LogP) is 5.10. The lowest BCUT2D eigenvalue weighted by atomic mass is 9.90. The Balaban J connectivity index is 1.28. The Kier molecular flexibility index (Phi) is 8.70. The molecular weight excluding hydrogens is 486 g/mol. The lowest BCUT2D eigenvalue weighted by Crippen LogP contribution is -2.29. The van der Waals surface area contributed by atoms with Gasteiger partial charge in [-0.25, -0.2) is 9.67 Å². The summed E-state index contributed by atoms with van der Waals surface area (Å²) in [4.78, 5) is 7.41. The van der Waals surface area contributed by atoms with E-state index in [1.165, 1.54) is 29.7 Å². The molecule has 7 heteroatoms. The Hall–Kier alpha value is -2.74. The van der Waals surface area contributed by atoms with Crippen molar-refractivity contribution in [1.29, 1.82) is 0 Å². The number of anilines is 1. The number of rotatable bonds is 10. The summed E-state index contributed by atoms with van der Waals surface area (Å²) in [6.07, 6.45) is 4.63. The molecule has 0 radical (unpaired) electrons. The van der Waals surface area contributed by atoms with Crippen LogP contribution in [0.1, 0.15) is 85.1 Å².